The third-order valence-electron chi connectivity index (χ3n) is 7.50. The molecule has 0 spiro atoms. The number of allylic oxidation sites excluding steroid dienone is 2. The van der Waals surface area contributed by atoms with Gasteiger partial charge in [0, 0.05) is 23.7 Å². The van der Waals surface area contributed by atoms with E-state index < -0.39 is 0 Å². The Morgan fingerprint density at radius 1 is 0.769 bits per heavy atom. The zero-order valence-electron chi connectivity index (χ0n) is 14.8. The number of esters is 2. The second-order valence-corrected chi connectivity index (χ2v) is 8.25. The minimum Gasteiger partial charge on any atom is -0.466 e. The van der Waals surface area contributed by atoms with Gasteiger partial charge in [0.2, 0.25) is 0 Å². The first-order valence-electron chi connectivity index (χ1n) is 9.40. The molecule has 0 saturated heterocycles. The van der Waals surface area contributed by atoms with Gasteiger partial charge in [-0.3, -0.25) is 0 Å². The van der Waals surface area contributed by atoms with E-state index in [9.17, 15) is 9.59 Å². The van der Waals surface area contributed by atoms with E-state index in [1.165, 1.54) is 42.9 Å². The first kappa shape index (κ1) is 14.8. The van der Waals surface area contributed by atoms with Crippen molar-refractivity contribution < 1.29 is 19.1 Å². The van der Waals surface area contributed by atoms with Crippen molar-refractivity contribution in [3.05, 3.63) is 57.7 Å². The van der Waals surface area contributed by atoms with E-state index in [1.54, 1.807) is 0 Å². The molecule has 0 radical (unpaired) electrons. The molecule has 26 heavy (non-hydrogen) atoms. The van der Waals surface area contributed by atoms with E-state index in [-0.39, 0.29) is 23.8 Å². The number of methoxy groups -OCH3 is 2. The third-order valence-corrected chi connectivity index (χ3v) is 7.50. The zero-order chi connectivity index (χ0) is 17.7. The number of carbonyl (C=O) groups is 2. The van der Waals surface area contributed by atoms with Gasteiger partial charge in [-0.25, -0.2) is 9.59 Å². The lowest BCUT2D eigenvalue weighted by molar-refractivity contribution is -0.142. The van der Waals surface area contributed by atoms with Crippen LogP contribution in [0.5, 0.6) is 0 Å². The van der Waals surface area contributed by atoms with Crippen molar-refractivity contribution >= 4 is 11.9 Å². The minimum atomic E-state index is -0.371. The van der Waals surface area contributed by atoms with Gasteiger partial charge >= 0.3 is 11.9 Å². The SMILES string of the molecule is COC(=O)C1=C(C(=O)OC)[C@H]2[C@@H]1[C@H]1C[C@@H]2c2cc3c(cc21)[C@@H]1C=C[C@H]3C1. The summed E-state index contributed by atoms with van der Waals surface area (Å²) in [6.07, 6.45) is 6.92. The largest absolute Gasteiger partial charge is 0.466 e. The lowest BCUT2D eigenvalue weighted by Gasteiger charge is -2.43. The molecule has 5 aliphatic carbocycles. The van der Waals surface area contributed by atoms with Gasteiger partial charge < -0.3 is 9.47 Å². The molecule has 1 aromatic rings. The van der Waals surface area contributed by atoms with E-state index in [0.29, 0.717) is 34.8 Å². The lowest BCUT2D eigenvalue weighted by atomic mass is 9.59. The van der Waals surface area contributed by atoms with Crippen LogP contribution in [0, 0.1) is 11.8 Å². The summed E-state index contributed by atoms with van der Waals surface area (Å²) >= 11 is 0. The summed E-state index contributed by atoms with van der Waals surface area (Å²) in [4.78, 5) is 24.7. The Morgan fingerprint density at radius 2 is 1.23 bits per heavy atom. The Balaban J connectivity index is 1.47. The van der Waals surface area contributed by atoms with Crippen molar-refractivity contribution in [2.24, 2.45) is 11.8 Å². The Morgan fingerprint density at radius 3 is 1.65 bits per heavy atom. The van der Waals surface area contributed by atoms with Crippen LogP contribution in [0.25, 0.3) is 0 Å². The van der Waals surface area contributed by atoms with Gasteiger partial charge in [-0.2, -0.15) is 0 Å². The van der Waals surface area contributed by atoms with E-state index in [1.807, 2.05) is 0 Å². The number of fused-ring (bicyclic) bond motifs is 13. The second kappa shape index (κ2) is 4.67. The van der Waals surface area contributed by atoms with Crippen LogP contribution in [0.2, 0.25) is 0 Å². The molecular formula is C22H20O4. The predicted octanol–water partition coefficient (Wildman–Crippen LogP) is 3.30. The zero-order valence-corrected chi connectivity index (χ0v) is 14.8. The minimum absolute atomic E-state index is 0.112. The number of hydrogen-bond acceptors (Lipinski definition) is 4. The number of ether oxygens (including phenoxy) is 2. The van der Waals surface area contributed by atoms with Gasteiger partial charge in [0.25, 0.3) is 0 Å². The molecule has 132 valence electrons. The van der Waals surface area contributed by atoms with Crippen molar-refractivity contribution in [2.45, 2.75) is 36.5 Å². The lowest BCUT2D eigenvalue weighted by Crippen LogP contribution is -2.42. The normalized spacial score (nSPS) is 36.5. The highest BCUT2D eigenvalue weighted by Gasteiger charge is 2.63. The molecule has 1 aromatic carbocycles. The Kier molecular flexibility index (Phi) is 2.65. The van der Waals surface area contributed by atoms with Gasteiger partial charge in [0.15, 0.2) is 0 Å². The Hall–Kier alpha value is -2.36. The summed E-state index contributed by atoms with van der Waals surface area (Å²) < 4.78 is 9.97. The molecule has 0 aliphatic heterocycles. The van der Waals surface area contributed by atoms with Crippen molar-refractivity contribution in [1.82, 2.24) is 0 Å². The van der Waals surface area contributed by atoms with Crippen molar-refractivity contribution in [1.29, 1.82) is 0 Å². The summed E-state index contributed by atoms with van der Waals surface area (Å²) in [5.41, 5.74) is 6.89. The molecular weight excluding hydrogens is 328 g/mol. The highest BCUT2D eigenvalue weighted by atomic mass is 16.5. The quantitative estimate of drug-likeness (QED) is 0.608. The maximum Gasteiger partial charge on any atom is 0.334 e. The van der Waals surface area contributed by atoms with Gasteiger partial charge in [-0.05, 0) is 46.9 Å². The Labute approximate surface area is 151 Å². The predicted molar refractivity (Wildman–Crippen MR) is 93.8 cm³/mol. The van der Waals surface area contributed by atoms with Gasteiger partial charge in [-0.1, -0.05) is 24.3 Å². The van der Waals surface area contributed by atoms with E-state index in [0.717, 1.165) is 6.42 Å². The van der Waals surface area contributed by atoms with Crippen LogP contribution < -0.4 is 0 Å². The molecule has 1 fully saturated rings. The van der Waals surface area contributed by atoms with Crippen molar-refractivity contribution in [3.63, 3.8) is 0 Å². The van der Waals surface area contributed by atoms with Crippen LogP contribution in [0.1, 0.15) is 58.8 Å². The fourth-order valence-electron chi connectivity index (χ4n) is 6.56. The van der Waals surface area contributed by atoms with Crippen LogP contribution in [-0.4, -0.2) is 26.2 Å². The van der Waals surface area contributed by atoms with E-state index in [4.69, 9.17) is 9.47 Å². The maximum atomic E-state index is 12.4. The van der Waals surface area contributed by atoms with Crippen LogP contribution in [0.4, 0.5) is 0 Å². The summed E-state index contributed by atoms with van der Waals surface area (Å²) in [5.74, 6) is 1.28. The molecule has 6 atom stereocenters. The molecule has 4 nitrogen and oxygen atoms in total. The standard InChI is InChI=1S/C22H20O4/c1-25-21(23)19-17-15-8-16(18(17)20(19)22(24)26-2)14-7-12-10-4-3-9(5-10)11(12)6-13(14)15/h3-4,6-7,9-10,15-18H,5,8H2,1-2H3/t9-,10+,15+,16-,17+,18-. The fraction of sp³-hybridized carbons (Fsp3) is 0.455. The molecule has 4 bridgehead atoms. The van der Waals surface area contributed by atoms with Crippen molar-refractivity contribution in [2.75, 3.05) is 14.2 Å². The summed E-state index contributed by atoms with van der Waals surface area (Å²) in [7, 11) is 2.77. The molecule has 1 saturated carbocycles. The number of benzene rings is 1. The maximum absolute atomic E-state index is 12.4. The summed E-state index contributed by atoms with van der Waals surface area (Å²) in [6, 6.07) is 4.81. The fourth-order valence-corrected chi connectivity index (χ4v) is 6.56. The monoisotopic (exact) mass is 348 g/mol. The molecule has 0 unspecified atom stereocenters. The van der Waals surface area contributed by atoms with Crippen LogP contribution in [0.15, 0.2) is 35.4 Å². The summed E-state index contributed by atoms with van der Waals surface area (Å²) in [6.45, 7) is 0. The molecule has 5 aliphatic rings. The molecule has 0 aromatic heterocycles. The highest BCUT2D eigenvalue weighted by molar-refractivity contribution is 6.05. The first-order chi connectivity index (χ1) is 12.6. The van der Waals surface area contributed by atoms with E-state index >= 15 is 0 Å². The topological polar surface area (TPSA) is 52.6 Å². The van der Waals surface area contributed by atoms with Gasteiger partial charge in [0.1, 0.15) is 0 Å². The third kappa shape index (κ3) is 1.49. The number of carbonyl (C=O) groups excluding carboxylic acids is 2. The smallest absolute Gasteiger partial charge is 0.334 e. The van der Waals surface area contributed by atoms with Gasteiger partial charge in [-0.15, -0.1) is 0 Å². The highest BCUT2D eigenvalue weighted by Crippen LogP contribution is 2.69. The number of rotatable bonds is 2. The molecule has 4 heteroatoms. The molecule has 0 N–H and O–H groups in total. The van der Waals surface area contributed by atoms with Gasteiger partial charge in [0.05, 0.1) is 25.4 Å². The first-order valence-corrected chi connectivity index (χ1v) is 9.40. The number of hydrogen-bond donors (Lipinski definition) is 0. The molecule has 0 heterocycles. The second-order valence-electron chi connectivity index (χ2n) is 8.25. The van der Waals surface area contributed by atoms with Crippen molar-refractivity contribution in [3.8, 4) is 0 Å². The van der Waals surface area contributed by atoms with Crippen LogP contribution in [-0.2, 0) is 19.1 Å². The van der Waals surface area contributed by atoms with E-state index in [2.05, 4.69) is 24.3 Å². The molecule has 0 amide bonds. The van der Waals surface area contributed by atoms with Crippen LogP contribution in [0.3, 0.4) is 0 Å². The molecule has 6 rings (SSSR count). The summed E-state index contributed by atoms with van der Waals surface area (Å²) in [5, 5.41) is 0. The van der Waals surface area contributed by atoms with Crippen LogP contribution >= 0.6 is 0 Å². The average Bonchev–Trinajstić information content (AvgIpc) is 3.38. The average molecular weight is 348 g/mol. The Bertz CT molecular complexity index is 880.